The molecule has 13 heteroatoms. The van der Waals surface area contributed by atoms with Gasteiger partial charge in [-0.2, -0.15) is 0 Å². The Labute approximate surface area is 307 Å². The maximum atomic E-state index is 14.5. The molecule has 0 bridgehead atoms. The number of ketones is 1. The number of benzene rings is 1. The molecule has 13 nitrogen and oxygen atoms in total. The summed E-state index contributed by atoms with van der Waals surface area (Å²) >= 11 is 0. The number of nitrogens with one attached hydrogen (secondary N) is 4. The van der Waals surface area contributed by atoms with Gasteiger partial charge in [-0.3, -0.25) is 33.8 Å². The molecule has 2 aromatic rings. The summed E-state index contributed by atoms with van der Waals surface area (Å²) in [7, 11) is 0. The van der Waals surface area contributed by atoms with Gasteiger partial charge in [0.1, 0.15) is 23.8 Å². The summed E-state index contributed by atoms with van der Waals surface area (Å²) in [6.45, 7) is 15.2. The van der Waals surface area contributed by atoms with Crippen LogP contribution in [0.15, 0.2) is 48.9 Å². The first-order valence-electron chi connectivity index (χ1n) is 18.5. The fourth-order valence-electron chi connectivity index (χ4n) is 6.49. The minimum atomic E-state index is -1.07. The van der Waals surface area contributed by atoms with Crippen molar-refractivity contribution < 1.29 is 28.8 Å². The van der Waals surface area contributed by atoms with Gasteiger partial charge >= 0.3 is 0 Å². The van der Waals surface area contributed by atoms with Gasteiger partial charge in [0.05, 0.1) is 18.3 Å². The molecule has 0 radical (unpaired) electrons. The molecule has 0 aliphatic carbocycles. The van der Waals surface area contributed by atoms with Crippen molar-refractivity contribution in [3.05, 3.63) is 60.2 Å². The number of likely N-dealkylation sites (tertiary alicyclic amines) is 1. The molecule has 1 fully saturated rings. The molecule has 1 aromatic carbocycles. The molecular weight excluding hydrogens is 662 g/mol. The van der Waals surface area contributed by atoms with Crippen LogP contribution >= 0.6 is 0 Å². The number of nitrogens with zero attached hydrogens (tertiary/aromatic N) is 3. The third-order valence-corrected chi connectivity index (χ3v) is 9.73. The second-order valence-electron chi connectivity index (χ2n) is 15.0. The van der Waals surface area contributed by atoms with E-state index in [2.05, 4.69) is 31.2 Å². The summed E-state index contributed by atoms with van der Waals surface area (Å²) < 4.78 is 0. The Bertz CT molecular complexity index is 1530. The third kappa shape index (κ3) is 11.2. The van der Waals surface area contributed by atoms with Crippen molar-refractivity contribution in [3.8, 4) is 0 Å². The van der Waals surface area contributed by atoms with Crippen LogP contribution in [0.1, 0.15) is 116 Å². The summed E-state index contributed by atoms with van der Waals surface area (Å²) in [5, 5.41) is 11.2. The zero-order valence-corrected chi connectivity index (χ0v) is 31.9. The molecular formula is C39H57N7O6. The number of amides is 5. The Morgan fingerprint density at radius 1 is 0.904 bits per heavy atom. The van der Waals surface area contributed by atoms with Gasteiger partial charge in [-0.1, -0.05) is 98.1 Å². The highest BCUT2D eigenvalue weighted by Gasteiger charge is 2.46. The van der Waals surface area contributed by atoms with Crippen molar-refractivity contribution in [1.82, 2.24) is 36.1 Å². The SMILES string of the molecule is CCCC1C[C@@H](C(=O)N[C@@H](CCC)C(=O)C(=O)N[C@@H](C)c2ccccc2)N(C(=O)[C@@H](NC(=O)[C@@H](NC(=O)c2cnccn2)C(C)CC)C(C)(C)C)C1. The van der Waals surface area contributed by atoms with Gasteiger partial charge in [0.25, 0.3) is 11.8 Å². The van der Waals surface area contributed by atoms with E-state index in [9.17, 15) is 28.8 Å². The molecule has 0 spiro atoms. The molecule has 52 heavy (non-hydrogen) atoms. The molecule has 3 rings (SSSR count). The Kier molecular flexibility index (Phi) is 15.4. The molecule has 0 saturated carbocycles. The first-order valence-corrected chi connectivity index (χ1v) is 18.5. The van der Waals surface area contributed by atoms with Gasteiger partial charge in [0.15, 0.2) is 0 Å². The Morgan fingerprint density at radius 2 is 1.60 bits per heavy atom. The average Bonchev–Trinajstić information content (AvgIpc) is 3.56. The molecule has 2 heterocycles. The lowest BCUT2D eigenvalue weighted by Gasteiger charge is -2.37. The minimum Gasteiger partial charge on any atom is -0.344 e. The predicted octanol–water partition coefficient (Wildman–Crippen LogP) is 3.90. The van der Waals surface area contributed by atoms with Crippen molar-refractivity contribution >= 4 is 35.3 Å². The normalized spacial score (nSPS) is 18.7. The van der Waals surface area contributed by atoms with Crippen molar-refractivity contribution in [2.24, 2.45) is 17.3 Å². The van der Waals surface area contributed by atoms with E-state index >= 15 is 0 Å². The van der Waals surface area contributed by atoms with E-state index in [0.29, 0.717) is 25.8 Å². The monoisotopic (exact) mass is 719 g/mol. The summed E-state index contributed by atoms with van der Waals surface area (Å²) in [5.41, 5.74) is 0.119. The van der Waals surface area contributed by atoms with Gasteiger partial charge in [-0.25, -0.2) is 4.98 Å². The smallest absolute Gasteiger partial charge is 0.290 e. The highest BCUT2D eigenvalue weighted by Crippen LogP contribution is 2.31. The van der Waals surface area contributed by atoms with Gasteiger partial charge < -0.3 is 26.2 Å². The van der Waals surface area contributed by atoms with Crippen molar-refractivity contribution in [2.75, 3.05) is 6.54 Å². The van der Waals surface area contributed by atoms with E-state index in [1.807, 2.05) is 78.8 Å². The van der Waals surface area contributed by atoms with E-state index in [4.69, 9.17) is 0 Å². The number of rotatable bonds is 17. The van der Waals surface area contributed by atoms with E-state index in [1.54, 1.807) is 6.92 Å². The average molecular weight is 720 g/mol. The van der Waals surface area contributed by atoms with Crippen molar-refractivity contribution in [2.45, 2.75) is 124 Å². The first-order chi connectivity index (χ1) is 24.6. The molecule has 1 aromatic heterocycles. The predicted molar refractivity (Wildman–Crippen MR) is 197 cm³/mol. The molecule has 284 valence electrons. The van der Waals surface area contributed by atoms with Crippen LogP contribution in [0.5, 0.6) is 0 Å². The minimum absolute atomic E-state index is 0.0236. The van der Waals surface area contributed by atoms with E-state index in [-0.39, 0.29) is 24.0 Å². The van der Waals surface area contributed by atoms with E-state index in [1.165, 1.54) is 23.5 Å². The molecule has 2 unspecified atom stereocenters. The largest absolute Gasteiger partial charge is 0.344 e. The van der Waals surface area contributed by atoms with Crippen molar-refractivity contribution in [3.63, 3.8) is 0 Å². The Morgan fingerprint density at radius 3 is 2.17 bits per heavy atom. The van der Waals surface area contributed by atoms with Crippen LogP contribution in [0.25, 0.3) is 0 Å². The van der Waals surface area contributed by atoms with Gasteiger partial charge in [0.2, 0.25) is 23.5 Å². The number of carbonyl (C=O) groups is 6. The fraction of sp³-hybridized carbons (Fsp3) is 0.590. The quantitative estimate of drug-likeness (QED) is 0.178. The Hall–Kier alpha value is -4.68. The highest BCUT2D eigenvalue weighted by molar-refractivity contribution is 6.38. The summed E-state index contributed by atoms with van der Waals surface area (Å²) in [6.07, 6.45) is 7.49. The summed E-state index contributed by atoms with van der Waals surface area (Å²) in [4.78, 5) is 91.4. The number of hydrogen-bond acceptors (Lipinski definition) is 8. The van der Waals surface area contributed by atoms with Crippen LogP contribution < -0.4 is 21.3 Å². The van der Waals surface area contributed by atoms with Gasteiger partial charge in [-0.05, 0) is 49.0 Å². The van der Waals surface area contributed by atoms with Crippen LogP contribution in [0.2, 0.25) is 0 Å². The Balaban J connectivity index is 1.83. The van der Waals surface area contributed by atoms with E-state index in [0.717, 1.165) is 18.4 Å². The highest BCUT2D eigenvalue weighted by atomic mass is 16.2. The van der Waals surface area contributed by atoms with Crippen LogP contribution in [0.4, 0.5) is 0 Å². The van der Waals surface area contributed by atoms with Gasteiger partial charge in [-0.15, -0.1) is 0 Å². The number of carbonyl (C=O) groups excluding carboxylic acids is 6. The summed E-state index contributed by atoms with van der Waals surface area (Å²) in [5.74, 6) is -3.85. The van der Waals surface area contributed by atoms with Crippen LogP contribution in [-0.4, -0.2) is 80.9 Å². The maximum Gasteiger partial charge on any atom is 0.290 e. The lowest BCUT2D eigenvalue weighted by Crippen LogP contribution is -2.61. The van der Waals surface area contributed by atoms with Gasteiger partial charge in [0, 0.05) is 18.9 Å². The molecule has 1 saturated heterocycles. The van der Waals surface area contributed by atoms with Crippen LogP contribution in [0.3, 0.4) is 0 Å². The zero-order chi connectivity index (χ0) is 38.6. The van der Waals surface area contributed by atoms with Crippen LogP contribution in [-0.2, 0) is 24.0 Å². The van der Waals surface area contributed by atoms with Crippen LogP contribution in [0, 0.1) is 17.3 Å². The molecule has 1 aliphatic rings. The second kappa shape index (κ2) is 19.2. The maximum absolute atomic E-state index is 14.5. The van der Waals surface area contributed by atoms with E-state index < -0.39 is 70.9 Å². The first kappa shape index (κ1) is 41.7. The standard InChI is InChI=1S/C39H57N7O6/c1-9-15-26-21-30(35(49)43-28(16-10-2)32(47)37(51)42-25(5)27-17-13-12-14-18-27)46(23-26)38(52)33(39(6,7)8)45-36(50)31(24(4)11-3)44-34(48)29-22-40-19-20-41-29/h12-14,17-20,22,24-26,28,30-31,33H,9-11,15-16,21,23H2,1-8H3,(H,42,51)(H,43,49)(H,44,48)(H,45,50)/t24?,25-,26?,28-,30-,31-,33+/m0/s1. The lowest BCUT2D eigenvalue weighted by molar-refractivity contribution is -0.145. The fourth-order valence-corrected chi connectivity index (χ4v) is 6.49. The van der Waals surface area contributed by atoms with Crippen molar-refractivity contribution in [1.29, 1.82) is 0 Å². The topological polar surface area (TPSA) is 180 Å². The summed E-state index contributed by atoms with van der Waals surface area (Å²) in [6, 6.07) is 4.84. The lowest BCUT2D eigenvalue weighted by atomic mass is 9.85. The molecule has 5 amide bonds. The molecule has 1 aliphatic heterocycles. The zero-order valence-electron chi connectivity index (χ0n) is 31.9. The molecule has 4 N–H and O–H groups in total. The number of aromatic nitrogens is 2. The molecule has 7 atom stereocenters. The number of hydrogen-bond donors (Lipinski definition) is 4. The number of Topliss-reactive ketones (excluding diaryl/α,β-unsaturated/α-hetero) is 1. The third-order valence-electron chi connectivity index (χ3n) is 9.73. The second-order valence-corrected chi connectivity index (χ2v) is 15.0.